The Labute approximate surface area is 149 Å². The summed E-state index contributed by atoms with van der Waals surface area (Å²) in [6.45, 7) is 8.16. The van der Waals surface area contributed by atoms with E-state index in [4.69, 9.17) is 4.74 Å². The Balaban J connectivity index is 2.16. The zero-order valence-corrected chi connectivity index (χ0v) is 16.1. The summed E-state index contributed by atoms with van der Waals surface area (Å²) in [6, 6.07) is 1.58. The van der Waals surface area contributed by atoms with Crippen molar-refractivity contribution in [3.05, 3.63) is 38.2 Å². The zero-order valence-electron chi connectivity index (χ0n) is 14.5. The van der Waals surface area contributed by atoms with Crippen molar-refractivity contribution in [2.45, 2.75) is 44.0 Å². The van der Waals surface area contributed by atoms with Gasteiger partial charge in [-0.1, -0.05) is 32.5 Å². The van der Waals surface area contributed by atoms with Gasteiger partial charge in [0.2, 0.25) is 0 Å². The van der Waals surface area contributed by atoms with Crippen LogP contribution in [0.1, 0.15) is 48.9 Å². The summed E-state index contributed by atoms with van der Waals surface area (Å²) in [6.07, 6.45) is 0. The Morgan fingerprint density at radius 3 is 2.71 bits per heavy atom. The van der Waals surface area contributed by atoms with E-state index in [1.807, 2.05) is 20.8 Å². The summed E-state index contributed by atoms with van der Waals surface area (Å²) >= 11 is 2.83. The quantitative estimate of drug-likeness (QED) is 0.459. The molecule has 0 saturated carbocycles. The van der Waals surface area contributed by atoms with Crippen molar-refractivity contribution in [1.29, 1.82) is 0 Å². The molecule has 0 radical (unpaired) electrons. The van der Waals surface area contributed by atoms with E-state index in [9.17, 15) is 9.59 Å². The molecule has 130 valence electrons. The third-order valence-corrected chi connectivity index (χ3v) is 5.30. The van der Waals surface area contributed by atoms with Crippen molar-refractivity contribution < 1.29 is 9.53 Å². The molecule has 24 heavy (non-hydrogen) atoms. The van der Waals surface area contributed by atoms with Crippen LogP contribution in [0, 0.1) is 0 Å². The smallest absolute Gasteiger partial charge is 0.357 e. The Kier molecular flexibility index (Phi) is 5.82. The summed E-state index contributed by atoms with van der Waals surface area (Å²) in [5, 5.41) is 3.12. The van der Waals surface area contributed by atoms with Crippen LogP contribution in [0.5, 0.6) is 0 Å². The normalized spacial score (nSPS) is 11.5. The van der Waals surface area contributed by atoms with Crippen LogP contribution >= 0.6 is 23.1 Å². The monoisotopic (exact) mass is 367 g/mol. The zero-order chi connectivity index (χ0) is 17.9. The lowest BCUT2D eigenvalue weighted by Gasteiger charge is -2.19. The van der Waals surface area contributed by atoms with Crippen LogP contribution < -0.4 is 5.56 Å². The predicted octanol–water partition coefficient (Wildman–Crippen LogP) is 3.00. The van der Waals surface area contributed by atoms with Crippen LogP contribution in [0.15, 0.2) is 21.4 Å². The molecule has 0 amide bonds. The molecule has 0 saturated heterocycles. The van der Waals surface area contributed by atoms with Gasteiger partial charge in [0.15, 0.2) is 10.9 Å². The second kappa shape index (κ2) is 7.48. The topological polar surface area (TPSA) is 74.1 Å². The fourth-order valence-electron chi connectivity index (χ4n) is 1.83. The number of rotatable bonds is 5. The molecule has 2 aromatic heterocycles. The number of ether oxygens (including phenoxy) is 1. The van der Waals surface area contributed by atoms with Crippen molar-refractivity contribution >= 4 is 29.1 Å². The van der Waals surface area contributed by atoms with Crippen molar-refractivity contribution in [2.75, 3.05) is 6.61 Å². The molecule has 0 aromatic carbocycles. The maximum atomic E-state index is 12.1. The van der Waals surface area contributed by atoms with Crippen LogP contribution in [0.3, 0.4) is 0 Å². The number of carbonyl (C=O) groups excluding carboxylic acids is 1. The van der Waals surface area contributed by atoms with E-state index in [0.717, 1.165) is 10.7 Å². The van der Waals surface area contributed by atoms with E-state index in [2.05, 4.69) is 9.97 Å². The SMILES string of the molecule is CCOC(=O)c1csc(CSc2nc(C(C)(C)C)cc(=O)n2C)n1. The van der Waals surface area contributed by atoms with Crippen molar-refractivity contribution in [3.63, 3.8) is 0 Å². The molecule has 0 unspecified atom stereocenters. The molecule has 0 aliphatic carbocycles. The summed E-state index contributed by atoms with van der Waals surface area (Å²) in [7, 11) is 1.70. The molecule has 0 aliphatic heterocycles. The van der Waals surface area contributed by atoms with Gasteiger partial charge in [-0.3, -0.25) is 9.36 Å². The van der Waals surface area contributed by atoms with Gasteiger partial charge in [-0.2, -0.15) is 0 Å². The Morgan fingerprint density at radius 1 is 1.38 bits per heavy atom. The number of carbonyl (C=O) groups is 1. The molecule has 2 aromatic rings. The maximum absolute atomic E-state index is 12.1. The molecule has 8 heteroatoms. The summed E-state index contributed by atoms with van der Waals surface area (Å²) in [4.78, 5) is 32.6. The highest BCUT2D eigenvalue weighted by Gasteiger charge is 2.19. The number of aromatic nitrogens is 3. The van der Waals surface area contributed by atoms with E-state index in [0.29, 0.717) is 23.2 Å². The number of nitrogens with zero attached hydrogens (tertiary/aromatic N) is 3. The van der Waals surface area contributed by atoms with Gasteiger partial charge >= 0.3 is 5.97 Å². The van der Waals surface area contributed by atoms with E-state index in [-0.39, 0.29) is 11.0 Å². The van der Waals surface area contributed by atoms with E-state index in [1.165, 1.54) is 27.7 Å². The van der Waals surface area contributed by atoms with Gasteiger partial charge in [-0.25, -0.2) is 14.8 Å². The second-order valence-corrected chi connectivity index (χ2v) is 8.09. The average molecular weight is 367 g/mol. The second-order valence-electron chi connectivity index (χ2n) is 6.21. The molecule has 0 aliphatic rings. The van der Waals surface area contributed by atoms with Gasteiger partial charge < -0.3 is 4.74 Å². The van der Waals surface area contributed by atoms with Crippen LogP contribution in [-0.4, -0.2) is 27.1 Å². The van der Waals surface area contributed by atoms with Gasteiger partial charge in [0.1, 0.15) is 5.01 Å². The fraction of sp³-hybridized carbons (Fsp3) is 0.500. The van der Waals surface area contributed by atoms with E-state index in [1.54, 1.807) is 25.4 Å². The molecular formula is C16H21N3O3S2. The lowest BCUT2D eigenvalue weighted by atomic mass is 9.92. The van der Waals surface area contributed by atoms with Crippen LogP contribution in [0.4, 0.5) is 0 Å². The third-order valence-electron chi connectivity index (χ3n) is 3.22. The van der Waals surface area contributed by atoms with Crippen LogP contribution in [0.25, 0.3) is 0 Å². The number of thioether (sulfide) groups is 1. The molecular weight excluding hydrogens is 346 g/mol. The lowest BCUT2D eigenvalue weighted by molar-refractivity contribution is 0.0520. The minimum absolute atomic E-state index is 0.0798. The van der Waals surface area contributed by atoms with Crippen molar-refractivity contribution in [1.82, 2.24) is 14.5 Å². The van der Waals surface area contributed by atoms with Gasteiger partial charge in [-0.05, 0) is 6.92 Å². The highest BCUT2D eigenvalue weighted by Crippen LogP contribution is 2.25. The van der Waals surface area contributed by atoms with Crippen molar-refractivity contribution in [2.24, 2.45) is 7.05 Å². The van der Waals surface area contributed by atoms with Crippen molar-refractivity contribution in [3.8, 4) is 0 Å². The first-order valence-corrected chi connectivity index (χ1v) is 9.41. The minimum atomic E-state index is -0.412. The van der Waals surface area contributed by atoms with Gasteiger partial charge in [-0.15, -0.1) is 11.3 Å². The number of esters is 1. The molecule has 0 atom stereocenters. The summed E-state index contributed by atoms with van der Waals surface area (Å²) < 4.78 is 6.46. The molecule has 2 heterocycles. The highest BCUT2D eigenvalue weighted by molar-refractivity contribution is 7.98. The summed E-state index contributed by atoms with van der Waals surface area (Å²) in [5.41, 5.74) is 0.812. The molecule has 0 fully saturated rings. The largest absolute Gasteiger partial charge is 0.461 e. The van der Waals surface area contributed by atoms with Crippen LogP contribution in [0.2, 0.25) is 0 Å². The molecule has 0 spiro atoms. The molecule has 2 rings (SSSR count). The third kappa shape index (κ3) is 4.45. The van der Waals surface area contributed by atoms with Crippen LogP contribution in [-0.2, 0) is 23.0 Å². The predicted molar refractivity (Wildman–Crippen MR) is 95.8 cm³/mol. The Hall–Kier alpha value is -1.67. The molecule has 0 N–H and O–H groups in total. The van der Waals surface area contributed by atoms with Gasteiger partial charge in [0.25, 0.3) is 5.56 Å². The van der Waals surface area contributed by atoms with E-state index < -0.39 is 5.97 Å². The van der Waals surface area contributed by atoms with Gasteiger partial charge in [0.05, 0.1) is 18.1 Å². The first-order valence-electron chi connectivity index (χ1n) is 7.55. The minimum Gasteiger partial charge on any atom is -0.461 e. The first-order chi connectivity index (χ1) is 11.2. The lowest BCUT2D eigenvalue weighted by Crippen LogP contribution is -2.25. The van der Waals surface area contributed by atoms with Gasteiger partial charge in [0, 0.05) is 23.9 Å². The fourth-order valence-corrected chi connectivity index (χ4v) is 3.59. The standard InChI is InChI=1S/C16H21N3O3S2/c1-6-22-14(21)10-8-23-12(17-10)9-24-15-18-11(16(2,3)4)7-13(20)19(15)5/h7-8H,6,9H2,1-5H3. The Morgan fingerprint density at radius 2 is 2.08 bits per heavy atom. The highest BCUT2D eigenvalue weighted by atomic mass is 32.2. The molecule has 0 bridgehead atoms. The first kappa shape index (κ1) is 18.7. The molecule has 6 nitrogen and oxygen atoms in total. The number of thiazole rings is 1. The Bertz CT molecular complexity index is 791. The van der Waals surface area contributed by atoms with E-state index >= 15 is 0 Å². The summed E-state index contributed by atoms with van der Waals surface area (Å²) in [5.74, 6) is 0.128. The number of hydrogen-bond acceptors (Lipinski definition) is 7. The maximum Gasteiger partial charge on any atom is 0.357 e. The average Bonchev–Trinajstić information content (AvgIpc) is 2.97. The number of hydrogen-bond donors (Lipinski definition) is 0.